The van der Waals surface area contributed by atoms with Crippen LogP contribution in [0.25, 0.3) is 0 Å². The number of hydrogen-bond acceptors (Lipinski definition) is 6. The van der Waals surface area contributed by atoms with Gasteiger partial charge in [0, 0.05) is 32.6 Å². The first kappa shape index (κ1) is 13.0. The minimum Gasteiger partial charge on any atom is -0.480 e. The van der Waals surface area contributed by atoms with Crippen molar-refractivity contribution < 1.29 is 14.4 Å². The van der Waals surface area contributed by atoms with E-state index in [-0.39, 0.29) is 6.54 Å². The van der Waals surface area contributed by atoms with Gasteiger partial charge in [-0.3, -0.25) is 14.6 Å². The second-order valence-corrected chi connectivity index (χ2v) is 4.40. The number of aliphatic carboxylic acids is 1. The van der Waals surface area contributed by atoms with Crippen LogP contribution in [-0.4, -0.2) is 63.7 Å². The van der Waals surface area contributed by atoms with Crippen LogP contribution in [0.5, 0.6) is 0 Å². The van der Waals surface area contributed by atoms with Crippen molar-refractivity contribution in [2.45, 2.75) is 19.9 Å². The van der Waals surface area contributed by atoms with Crippen LogP contribution in [0.1, 0.15) is 18.6 Å². The number of aromatic nitrogens is 2. The number of carbonyl (C=O) groups is 1. The molecule has 0 atom stereocenters. The average Bonchev–Trinajstić information content (AvgIpc) is 2.79. The minimum absolute atomic E-state index is 0.121. The summed E-state index contributed by atoms with van der Waals surface area (Å²) in [6, 6.07) is 0. The molecular formula is C11H18N4O3. The average molecular weight is 254 g/mol. The normalized spacial score (nSPS) is 18.1. The molecule has 2 heterocycles. The summed E-state index contributed by atoms with van der Waals surface area (Å²) in [5, 5.41) is 12.6. The van der Waals surface area contributed by atoms with Crippen LogP contribution < -0.4 is 0 Å². The molecule has 7 heteroatoms. The fourth-order valence-corrected chi connectivity index (χ4v) is 1.99. The van der Waals surface area contributed by atoms with Crippen LogP contribution in [0.4, 0.5) is 0 Å². The first-order valence-corrected chi connectivity index (χ1v) is 6.15. The van der Waals surface area contributed by atoms with Gasteiger partial charge in [-0.05, 0) is 0 Å². The number of nitrogens with zero attached hydrogens (tertiary/aromatic N) is 4. The van der Waals surface area contributed by atoms with Gasteiger partial charge in [0.05, 0.1) is 13.1 Å². The van der Waals surface area contributed by atoms with E-state index in [0.29, 0.717) is 18.3 Å². The molecule has 1 aromatic rings. The van der Waals surface area contributed by atoms with Gasteiger partial charge in [0.2, 0.25) is 5.89 Å². The topological polar surface area (TPSA) is 82.7 Å². The van der Waals surface area contributed by atoms with Crippen molar-refractivity contribution in [3.05, 3.63) is 11.7 Å². The van der Waals surface area contributed by atoms with E-state index in [2.05, 4.69) is 15.0 Å². The molecule has 1 aromatic heterocycles. The van der Waals surface area contributed by atoms with Crippen molar-refractivity contribution in [1.82, 2.24) is 19.9 Å². The minimum atomic E-state index is -0.769. The van der Waals surface area contributed by atoms with Crippen molar-refractivity contribution >= 4 is 5.97 Å². The van der Waals surface area contributed by atoms with E-state index in [1.54, 1.807) is 0 Å². The van der Waals surface area contributed by atoms with Crippen LogP contribution in [0.3, 0.4) is 0 Å². The lowest BCUT2D eigenvalue weighted by atomic mass is 10.3. The fourth-order valence-electron chi connectivity index (χ4n) is 1.99. The van der Waals surface area contributed by atoms with E-state index in [9.17, 15) is 4.79 Å². The summed E-state index contributed by atoms with van der Waals surface area (Å²) in [6.45, 7) is 5.98. The molecule has 0 unspecified atom stereocenters. The monoisotopic (exact) mass is 254 g/mol. The van der Waals surface area contributed by atoms with Crippen molar-refractivity contribution in [1.29, 1.82) is 0 Å². The zero-order valence-electron chi connectivity index (χ0n) is 10.5. The molecule has 100 valence electrons. The van der Waals surface area contributed by atoms with Gasteiger partial charge in [0.25, 0.3) is 0 Å². The quantitative estimate of drug-likeness (QED) is 0.781. The third-order valence-corrected chi connectivity index (χ3v) is 3.00. The fraction of sp³-hybridized carbons (Fsp3) is 0.727. The molecule has 0 amide bonds. The summed E-state index contributed by atoms with van der Waals surface area (Å²) in [6.07, 6.45) is 0.749. The van der Waals surface area contributed by atoms with Crippen molar-refractivity contribution in [2.24, 2.45) is 0 Å². The summed E-state index contributed by atoms with van der Waals surface area (Å²) >= 11 is 0. The van der Waals surface area contributed by atoms with Crippen molar-refractivity contribution in [3.8, 4) is 0 Å². The second-order valence-electron chi connectivity index (χ2n) is 4.40. The highest BCUT2D eigenvalue weighted by Crippen LogP contribution is 2.06. The lowest BCUT2D eigenvalue weighted by molar-refractivity contribution is -0.138. The Bertz CT molecular complexity index is 399. The Kier molecular flexibility index (Phi) is 4.27. The molecule has 0 spiro atoms. The molecule has 7 nitrogen and oxygen atoms in total. The summed E-state index contributed by atoms with van der Waals surface area (Å²) in [7, 11) is 0. The largest absolute Gasteiger partial charge is 0.480 e. The van der Waals surface area contributed by atoms with Crippen LogP contribution in [-0.2, 0) is 17.8 Å². The molecule has 1 N–H and O–H groups in total. The number of carboxylic acids is 1. The molecule has 0 radical (unpaired) electrons. The van der Waals surface area contributed by atoms with Gasteiger partial charge < -0.3 is 9.63 Å². The lowest BCUT2D eigenvalue weighted by Gasteiger charge is -2.32. The predicted molar refractivity (Wildman–Crippen MR) is 63.0 cm³/mol. The Morgan fingerprint density at radius 3 is 2.56 bits per heavy atom. The van der Waals surface area contributed by atoms with E-state index >= 15 is 0 Å². The van der Waals surface area contributed by atoms with Crippen LogP contribution in [0, 0.1) is 0 Å². The number of hydrogen-bond donors (Lipinski definition) is 1. The smallest absolute Gasteiger partial charge is 0.317 e. The summed E-state index contributed by atoms with van der Waals surface area (Å²) in [5.41, 5.74) is 0. The Morgan fingerprint density at radius 2 is 2.00 bits per heavy atom. The van der Waals surface area contributed by atoms with Gasteiger partial charge in [-0.2, -0.15) is 4.98 Å². The van der Waals surface area contributed by atoms with Crippen LogP contribution in [0.15, 0.2) is 4.52 Å². The zero-order chi connectivity index (χ0) is 13.0. The second kappa shape index (κ2) is 5.92. The first-order valence-electron chi connectivity index (χ1n) is 6.15. The predicted octanol–water partition coefficient (Wildman–Crippen LogP) is -0.166. The van der Waals surface area contributed by atoms with E-state index in [4.69, 9.17) is 9.63 Å². The van der Waals surface area contributed by atoms with Crippen molar-refractivity contribution in [2.75, 3.05) is 32.7 Å². The Hall–Kier alpha value is -1.47. The molecule has 0 bridgehead atoms. The Labute approximate surface area is 105 Å². The summed E-state index contributed by atoms with van der Waals surface area (Å²) < 4.78 is 5.05. The van der Waals surface area contributed by atoms with Crippen molar-refractivity contribution in [3.63, 3.8) is 0 Å². The first-order chi connectivity index (χ1) is 8.67. The maximum atomic E-state index is 10.6. The van der Waals surface area contributed by atoms with Gasteiger partial charge >= 0.3 is 5.97 Å². The summed E-state index contributed by atoms with van der Waals surface area (Å²) in [5.74, 6) is 0.599. The maximum Gasteiger partial charge on any atom is 0.317 e. The number of carboxylic acid groups (broad SMARTS) is 1. The third kappa shape index (κ3) is 3.51. The van der Waals surface area contributed by atoms with Gasteiger partial charge in [-0.15, -0.1) is 0 Å². The highest BCUT2D eigenvalue weighted by Gasteiger charge is 2.20. The number of aryl methyl sites for hydroxylation is 1. The Morgan fingerprint density at radius 1 is 1.33 bits per heavy atom. The number of rotatable bonds is 5. The molecule has 1 aliphatic rings. The molecule has 1 aliphatic heterocycles. The lowest BCUT2D eigenvalue weighted by Crippen LogP contribution is -2.47. The highest BCUT2D eigenvalue weighted by atomic mass is 16.5. The zero-order valence-corrected chi connectivity index (χ0v) is 10.5. The van der Waals surface area contributed by atoms with Crippen LogP contribution >= 0.6 is 0 Å². The van der Waals surface area contributed by atoms with E-state index < -0.39 is 5.97 Å². The molecule has 1 fully saturated rings. The molecule has 18 heavy (non-hydrogen) atoms. The van der Waals surface area contributed by atoms with Gasteiger partial charge in [-0.1, -0.05) is 12.1 Å². The SMILES string of the molecule is CCc1nc(CN2CCN(CC(=O)O)CC2)no1. The van der Waals surface area contributed by atoms with E-state index in [1.165, 1.54) is 0 Å². The highest BCUT2D eigenvalue weighted by molar-refractivity contribution is 5.69. The molecule has 0 aromatic carbocycles. The molecule has 0 aliphatic carbocycles. The molecular weight excluding hydrogens is 236 g/mol. The maximum absolute atomic E-state index is 10.6. The molecule has 0 saturated carbocycles. The molecule has 2 rings (SSSR count). The Balaban J connectivity index is 1.78. The number of piperazine rings is 1. The van der Waals surface area contributed by atoms with Gasteiger partial charge in [0.15, 0.2) is 5.82 Å². The van der Waals surface area contributed by atoms with Gasteiger partial charge in [0.1, 0.15) is 0 Å². The van der Waals surface area contributed by atoms with Crippen LogP contribution in [0.2, 0.25) is 0 Å². The van der Waals surface area contributed by atoms with E-state index in [1.807, 2.05) is 11.8 Å². The van der Waals surface area contributed by atoms with E-state index in [0.717, 1.165) is 32.6 Å². The van der Waals surface area contributed by atoms with Gasteiger partial charge in [-0.25, -0.2) is 0 Å². The summed E-state index contributed by atoms with van der Waals surface area (Å²) in [4.78, 5) is 19.0. The third-order valence-electron chi connectivity index (χ3n) is 3.00. The molecule has 1 saturated heterocycles. The standard InChI is InChI=1S/C11H18N4O3/c1-2-10-12-9(13-18-10)7-14-3-5-15(6-4-14)8-11(16)17/h2-8H2,1H3,(H,16,17).